The molecule has 1 aliphatic rings. The molecule has 0 saturated carbocycles. The van der Waals surface area contributed by atoms with Gasteiger partial charge in [0.05, 0.1) is 0 Å². The van der Waals surface area contributed by atoms with E-state index >= 15 is 0 Å². The zero-order valence-electron chi connectivity index (χ0n) is 12.1. The highest BCUT2D eigenvalue weighted by Crippen LogP contribution is 2.12. The lowest BCUT2D eigenvalue weighted by Gasteiger charge is -2.33. The standard InChI is InChI=1S/C16H17N3O3/c20-15(14-7-4-8-17-14)18-9-11-19(12-10-18)16(21)22-13-5-2-1-3-6-13/h1-8,17H,9-12H2. The van der Waals surface area contributed by atoms with Crippen LogP contribution in [0.25, 0.3) is 0 Å². The maximum Gasteiger partial charge on any atom is 0.415 e. The van der Waals surface area contributed by atoms with E-state index in [0.717, 1.165) is 0 Å². The second-order valence-corrected chi connectivity index (χ2v) is 5.04. The van der Waals surface area contributed by atoms with Crippen LogP contribution in [-0.4, -0.2) is 53.0 Å². The van der Waals surface area contributed by atoms with Gasteiger partial charge in [0.25, 0.3) is 5.91 Å². The Morgan fingerprint density at radius 3 is 2.23 bits per heavy atom. The van der Waals surface area contributed by atoms with Gasteiger partial charge in [-0.25, -0.2) is 4.79 Å². The lowest BCUT2D eigenvalue weighted by molar-refractivity contribution is 0.0628. The number of aromatic amines is 1. The van der Waals surface area contributed by atoms with E-state index in [9.17, 15) is 9.59 Å². The predicted octanol–water partition coefficient (Wildman–Crippen LogP) is 1.97. The van der Waals surface area contributed by atoms with Crippen molar-refractivity contribution >= 4 is 12.0 Å². The average molecular weight is 299 g/mol. The minimum Gasteiger partial charge on any atom is -0.410 e. The Balaban J connectivity index is 1.53. The number of hydrogen-bond acceptors (Lipinski definition) is 3. The summed E-state index contributed by atoms with van der Waals surface area (Å²) in [6.07, 6.45) is 1.35. The van der Waals surface area contributed by atoms with E-state index in [4.69, 9.17) is 4.74 Å². The largest absolute Gasteiger partial charge is 0.415 e. The molecular formula is C16H17N3O3. The van der Waals surface area contributed by atoms with Gasteiger partial charge in [0, 0.05) is 32.4 Å². The van der Waals surface area contributed by atoms with Crippen LogP contribution >= 0.6 is 0 Å². The third-order valence-electron chi connectivity index (χ3n) is 3.60. The fraction of sp³-hybridized carbons (Fsp3) is 0.250. The van der Waals surface area contributed by atoms with Gasteiger partial charge in [-0.05, 0) is 24.3 Å². The average Bonchev–Trinajstić information content (AvgIpc) is 3.10. The Bertz CT molecular complexity index is 632. The summed E-state index contributed by atoms with van der Waals surface area (Å²) in [5.74, 6) is 0.485. The first-order chi connectivity index (χ1) is 10.7. The highest BCUT2D eigenvalue weighted by atomic mass is 16.6. The summed E-state index contributed by atoms with van der Waals surface area (Å²) in [5, 5.41) is 0. The Kier molecular flexibility index (Phi) is 4.09. The number of nitrogens with zero attached hydrogens (tertiary/aromatic N) is 2. The Morgan fingerprint density at radius 1 is 0.909 bits per heavy atom. The van der Waals surface area contributed by atoms with E-state index in [0.29, 0.717) is 37.6 Å². The van der Waals surface area contributed by atoms with Crippen molar-refractivity contribution in [2.24, 2.45) is 0 Å². The van der Waals surface area contributed by atoms with E-state index < -0.39 is 0 Å². The lowest BCUT2D eigenvalue weighted by Crippen LogP contribution is -2.51. The molecule has 0 bridgehead atoms. The Labute approximate surface area is 128 Å². The zero-order chi connectivity index (χ0) is 15.4. The molecule has 1 fully saturated rings. The fourth-order valence-electron chi connectivity index (χ4n) is 2.38. The zero-order valence-corrected chi connectivity index (χ0v) is 12.1. The van der Waals surface area contributed by atoms with Crippen LogP contribution in [0.1, 0.15) is 10.5 Å². The summed E-state index contributed by atoms with van der Waals surface area (Å²) in [6.45, 7) is 1.94. The van der Waals surface area contributed by atoms with Crippen molar-refractivity contribution in [3.63, 3.8) is 0 Å². The molecule has 1 N–H and O–H groups in total. The topological polar surface area (TPSA) is 65.6 Å². The molecule has 3 rings (SSSR count). The molecule has 6 heteroatoms. The number of carbonyl (C=O) groups excluding carboxylic acids is 2. The third-order valence-corrected chi connectivity index (χ3v) is 3.60. The number of para-hydroxylation sites is 1. The summed E-state index contributed by atoms with van der Waals surface area (Å²) < 4.78 is 5.30. The number of H-pyrrole nitrogens is 1. The van der Waals surface area contributed by atoms with Crippen molar-refractivity contribution in [3.05, 3.63) is 54.4 Å². The first kappa shape index (κ1) is 14.2. The molecule has 0 unspecified atom stereocenters. The van der Waals surface area contributed by atoms with Crippen LogP contribution in [0.15, 0.2) is 48.7 Å². The van der Waals surface area contributed by atoms with Crippen LogP contribution < -0.4 is 4.74 Å². The summed E-state index contributed by atoms with van der Waals surface area (Å²) in [7, 11) is 0. The summed E-state index contributed by atoms with van der Waals surface area (Å²) in [6, 6.07) is 12.5. The van der Waals surface area contributed by atoms with Gasteiger partial charge in [0.2, 0.25) is 0 Å². The van der Waals surface area contributed by atoms with Crippen molar-refractivity contribution in [1.29, 1.82) is 0 Å². The van der Waals surface area contributed by atoms with Crippen LogP contribution in [-0.2, 0) is 0 Å². The van der Waals surface area contributed by atoms with Crippen LogP contribution in [0.4, 0.5) is 4.79 Å². The number of amides is 2. The summed E-state index contributed by atoms with van der Waals surface area (Å²) in [5.41, 5.74) is 0.570. The van der Waals surface area contributed by atoms with Gasteiger partial charge < -0.3 is 19.5 Å². The van der Waals surface area contributed by atoms with Gasteiger partial charge in [-0.1, -0.05) is 18.2 Å². The monoisotopic (exact) mass is 299 g/mol. The summed E-state index contributed by atoms with van der Waals surface area (Å²) in [4.78, 5) is 30.5. The number of ether oxygens (including phenoxy) is 1. The van der Waals surface area contributed by atoms with Crippen LogP contribution in [0.5, 0.6) is 5.75 Å². The van der Waals surface area contributed by atoms with Crippen LogP contribution in [0.2, 0.25) is 0 Å². The number of hydrogen-bond donors (Lipinski definition) is 1. The molecule has 22 heavy (non-hydrogen) atoms. The normalized spacial score (nSPS) is 14.7. The Hall–Kier alpha value is -2.76. The highest BCUT2D eigenvalue weighted by molar-refractivity contribution is 5.92. The molecule has 1 aromatic heterocycles. The number of benzene rings is 1. The predicted molar refractivity (Wildman–Crippen MR) is 80.7 cm³/mol. The first-order valence-electron chi connectivity index (χ1n) is 7.18. The maximum atomic E-state index is 12.2. The third kappa shape index (κ3) is 3.11. The molecule has 2 heterocycles. The number of piperazine rings is 1. The van der Waals surface area contributed by atoms with Crippen molar-refractivity contribution in [3.8, 4) is 5.75 Å². The molecular weight excluding hydrogens is 282 g/mol. The van der Waals surface area contributed by atoms with E-state index in [1.807, 2.05) is 18.2 Å². The molecule has 1 aromatic carbocycles. The lowest BCUT2D eigenvalue weighted by atomic mass is 10.3. The highest BCUT2D eigenvalue weighted by Gasteiger charge is 2.26. The SMILES string of the molecule is O=C(Oc1ccccc1)N1CCN(C(=O)c2ccc[nH]2)CC1. The molecule has 2 aromatic rings. The van der Waals surface area contributed by atoms with Gasteiger partial charge in [0.1, 0.15) is 11.4 Å². The van der Waals surface area contributed by atoms with E-state index in [1.165, 1.54) is 0 Å². The van der Waals surface area contributed by atoms with Gasteiger partial charge in [-0.2, -0.15) is 0 Å². The van der Waals surface area contributed by atoms with Crippen molar-refractivity contribution in [2.75, 3.05) is 26.2 Å². The van der Waals surface area contributed by atoms with E-state index in [-0.39, 0.29) is 12.0 Å². The fourth-order valence-corrected chi connectivity index (χ4v) is 2.38. The second-order valence-electron chi connectivity index (χ2n) is 5.04. The Morgan fingerprint density at radius 2 is 1.59 bits per heavy atom. The van der Waals surface area contributed by atoms with Gasteiger partial charge >= 0.3 is 6.09 Å². The second kappa shape index (κ2) is 6.34. The minimum atomic E-state index is -0.377. The molecule has 1 saturated heterocycles. The molecule has 0 radical (unpaired) electrons. The van der Waals surface area contributed by atoms with Crippen LogP contribution in [0, 0.1) is 0 Å². The maximum absolute atomic E-state index is 12.2. The number of rotatable bonds is 2. The van der Waals surface area contributed by atoms with Crippen molar-refractivity contribution in [2.45, 2.75) is 0 Å². The van der Waals surface area contributed by atoms with E-state index in [1.54, 1.807) is 40.3 Å². The van der Waals surface area contributed by atoms with Crippen molar-refractivity contribution in [1.82, 2.24) is 14.8 Å². The molecule has 114 valence electrons. The number of aromatic nitrogens is 1. The van der Waals surface area contributed by atoms with Crippen molar-refractivity contribution < 1.29 is 14.3 Å². The molecule has 2 amide bonds. The summed E-state index contributed by atoms with van der Waals surface area (Å²) >= 11 is 0. The molecule has 0 aliphatic carbocycles. The number of nitrogens with one attached hydrogen (secondary N) is 1. The first-order valence-corrected chi connectivity index (χ1v) is 7.18. The number of carbonyl (C=O) groups is 2. The van der Waals surface area contributed by atoms with Crippen LogP contribution in [0.3, 0.4) is 0 Å². The minimum absolute atomic E-state index is 0.0407. The van der Waals surface area contributed by atoms with Gasteiger partial charge in [-0.15, -0.1) is 0 Å². The van der Waals surface area contributed by atoms with E-state index in [2.05, 4.69) is 4.98 Å². The molecule has 0 spiro atoms. The van der Waals surface area contributed by atoms with Gasteiger partial charge in [-0.3, -0.25) is 4.79 Å². The molecule has 0 atom stereocenters. The molecule has 6 nitrogen and oxygen atoms in total. The van der Waals surface area contributed by atoms with Gasteiger partial charge in [0.15, 0.2) is 0 Å². The quantitative estimate of drug-likeness (QED) is 0.922. The smallest absolute Gasteiger partial charge is 0.410 e. The molecule has 1 aliphatic heterocycles.